The summed E-state index contributed by atoms with van der Waals surface area (Å²) >= 11 is 0. The van der Waals surface area contributed by atoms with E-state index in [1.807, 2.05) is 0 Å². The second kappa shape index (κ2) is 6.07. The third-order valence-electron chi connectivity index (χ3n) is 4.95. The van der Waals surface area contributed by atoms with Crippen LogP contribution in [0.25, 0.3) is 0 Å². The molecule has 1 N–H and O–H groups in total. The van der Waals surface area contributed by atoms with E-state index in [0.29, 0.717) is 5.54 Å². The molecule has 0 spiro atoms. The zero-order valence-electron chi connectivity index (χ0n) is 13.8. The molecule has 0 aliphatic carbocycles. The van der Waals surface area contributed by atoms with Crippen molar-refractivity contribution in [3.63, 3.8) is 0 Å². The lowest BCUT2D eigenvalue weighted by Crippen LogP contribution is -2.53. The van der Waals surface area contributed by atoms with Crippen molar-refractivity contribution in [2.45, 2.75) is 45.8 Å². The minimum Gasteiger partial charge on any atom is -0.312 e. The molecule has 0 saturated carbocycles. The van der Waals surface area contributed by atoms with Crippen molar-refractivity contribution >= 4 is 0 Å². The number of piperazine rings is 1. The Morgan fingerprint density at radius 3 is 2.57 bits per heavy atom. The Bertz CT molecular complexity index is 482. The second-order valence-electron chi connectivity index (χ2n) is 7.42. The van der Waals surface area contributed by atoms with Gasteiger partial charge in [0.2, 0.25) is 0 Å². The van der Waals surface area contributed by atoms with Crippen LogP contribution in [0.15, 0.2) is 18.2 Å². The van der Waals surface area contributed by atoms with E-state index < -0.39 is 0 Å². The molecule has 3 heteroatoms. The number of fused-ring (bicyclic) bond motifs is 1. The molecular weight excluding hydrogens is 258 g/mol. The van der Waals surface area contributed by atoms with E-state index in [9.17, 15) is 0 Å². The highest BCUT2D eigenvalue weighted by Crippen LogP contribution is 2.22. The van der Waals surface area contributed by atoms with Crippen molar-refractivity contribution in [1.82, 2.24) is 15.1 Å². The van der Waals surface area contributed by atoms with Gasteiger partial charge in [0.15, 0.2) is 0 Å². The van der Waals surface area contributed by atoms with Crippen LogP contribution < -0.4 is 5.32 Å². The van der Waals surface area contributed by atoms with Crippen molar-refractivity contribution < 1.29 is 0 Å². The summed E-state index contributed by atoms with van der Waals surface area (Å²) in [6, 6.07) is 6.84. The average Bonchev–Trinajstić information content (AvgIpc) is 2.47. The van der Waals surface area contributed by atoms with Crippen molar-refractivity contribution in [2.24, 2.45) is 0 Å². The summed E-state index contributed by atoms with van der Waals surface area (Å²) in [5.74, 6) is 0. The SMILES string of the molecule is CC(C)(C)N1CCN(Cc2cccc3c2CCNC3)CC1. The van der Waals surface area contributed by atoms with Gasteiger partial charge in [-0.1, -0.05) is 18.2 Å². The summed E-state index contributed by atoms with van der Waals surface area (Å²) in [5, 5.41) is 3.47. The van der Waals surface area contributed by atoms with Gasteiger partial charge in [0.05, 0.1) is 0 Å². The molecule has 116 valence electrons. The van der Waals surface area contributed by atoms with E-state index in [1.54, 1.807) is 11.1 Å². The first-order chi connectivity index (χ1) is 10.0. The van der Waals surface area contributed by atoms with Crippen LogP contribution in [-0.4, -0.2) is 48.1 Å². The topological polar surface area (TPSA) is 18.5 Å². The molecule has 3 rings (SSSR count). The number of benzene rings is 1. The summed E-state index contributed by atoms with van der Waals surface area (Å²) < 4.78 is 0. The van der Waals surface area contributed by atoms with E-state index >= 15 is 0 Å². The molecule has 0 unspecified atom stereocenters. The van der Waals surface area contributed by atoms with Crippen LogP contribution in [0.2, 0.25) is 0 Å². The molecule has 0 amide bonds. The van der Waals surface area contributed by atoms with Gasteiger partial charge in [0.1, 0.15) is 0 Å². The van der Waals surface area contributed by atoms with E-state index in [-0.39, 0.29) is 0 Å². The van der Waals surface area contributed by atoms with Crippen LogP contribution in [0.5, 0.6) is 0 Å². The Labute approximate surface area is 129 Å². The molecular formula is C18H29N3. The smallest absolute Gasteiger partial charge is 0.0237 e. The van der Waals surface area contributed by atoms with E-state index in [2.05, 4.69) is 54.1 Å². The van der Waals surface area contributed by atoms with Crippen LogP contribution in [-0.2, 0) is 19.5 Å². The van der Waals surface area contributed by atoms with E-state index in [1.165, 1.54) is 38.2 Å². The fourth-order valence-electron chi connectivity index (χ4n) is 3.58. The third kappa shape index (κ3) is 3.47. The molecule has 1 aromatic carbocycles. The number of rotatable bonds is 2. The summed E-state index contributed by atoms with van der Waals surface area (Å²) in [6.45, 7) is 15.0. The van der Waals surface area contributed by atoms with Crippen LogP contribution in [0.4, 0.5) is 0 Å². The van der Waals surface area contributed by atoms with Gasteiger partial charge in [-0.05, 0) is 50.4 Å². The summed E-state index contributed by atoms with van der Waals surface area (Å²) in [4.78, 5) is 5.23. The lowest BCUT2D eigenvalue weighted by atomic mass is 9.95. The van der Waals surface area contributed by atoms with Gasteiger partial charge >= 0.3 is 0 Å². The lowest BCUT2D eigenvalue weighted by Gasteiger charge is -2.42. The molecule has 2 heterocycles. The van der Waals surface area contributed by atoms with Crippen LogP contribution in [0.1, 0.15) is 37.5 Å². The van der Waals surface area contributed by atoms with E-state index in [4.69, 9.17) is 0 Å². The molecule has 0 aromatic heterocycles. The first-order valence-electron chi connectivity index (χ1n) is 8.32. The molecule has 3 nitrogen and oxygen atoms in total. The van der Waals surface area contributed by atoms with Crippen LogP contribution in [0.3, 0.4) is 0 Å². The van der Waals surface area contributed by atoms with Crippen LogP contribution >= 0.6 is 0 Å². The minimum absolute atomic E-state index is 0.309. The Morgan fingerprint density at radius 1 is 1.10 bits per heavy atom. The zero-order valence-corrected chi connectivity index (χ0v) is 13.8. The first-order valence-corrected chi connectivity index (χ1v) is 8.32. The molecule has 0 bridgehead atoms. The summed E-state index contributed by atoms with van der Waals surface area (Å²) in [5.41, 5.74) is 4.98. The highest BCUT2D eigenvalue weighted by molar-refractivity contribution is 5.37. The maximum absolute atomic E-state index is 3.47. The minimum atomic E-state index is 0.309. The number of hydrogen-bond acceptors (Lipinski definition) is 3. The first kappa shape index (κ1) is 15.0. The third-order valence-corrected chi connectivity index (χ3v) is 4.95. The number of nitrogens with one attached hydrogen (secondary N) is 1. The normalized spacial score (nSPS) is 21.3. The Morgan fingerprint density at radius 2 is 1.86 bits per heavy atom. The molecule has 2 aliphatic heterocycles. The Kier molecular flexibility index (Phi) is 4.34. The van der Waals surface area contributed by atoms with Gasteiger partial charge in [-0.3, -0.25) is 9.80 Å². The van der Waals surface area contributed by atoms with Crippen molar-refractivity contribution in [1.29, 1.82) is 0 Å². The Hall–Kier alpha value is -0.900. The van der Waals surface area contributed by atoms with E-state index in [0.717, 1.165) is 19.6 Å². The Balaban J connectivity index is 1.64. The maximum atomic E-state index is 3.47. The molecule has 2 aliphatic rings. The molecule has 21 heavy (non-hydrogen) atoms. The van der Waals surface area contributed by atoms with Crippen molar-refractivity contribution in [3.8, 4) is 0 Å². The van der Waals surface area contributed by atoms with Crippen LogP contribution in [0, 0.1) is 0 Å². The van der Waals surface area contributed by atoms with Gasteiger partial charge in [0, 0.05) is 44.8 Å². The zero-order chi connectivity index (χ0) is 14.9. The maximum Gasteiger partial charge on any atom is 0.0237 e. The molecule has 0 radical (unpaired) electrons. The van der Waals surface area contributed by atoms with Crippen molar-refractivity contribution in [2.75, 3.05) is 32.7 Å². The number of nitrogens with zero attached hydrogens (tertiary/aromatic N) is 2. The summed E-state index contributed by atoms with van der Waals surface area (Å²) in [6.07, 6.45) is 1.19. The molecule has 1 aromatic rings. The highest BCUT2D eigenvalue weighted by Gasteiger charge is 2.26. The second-order valence-corrected chi connectivity index (χ2v) is 7.42. The molecule has 1 saturated heterocycles. The van der Waals surface area contributed by atoms with Gasteiger partial charge in [-0.2, -0.15) is 0 Å². The predicted molar refractivity (Wildman–Crippen MR) is 88.5 cm³/mol. The van der Waals surface area contributed by atoms with Gasteiger partial charge in [-0.15, -0.1) is 0 Å². The molecule has 1 fully saturated rings. The predicted octanol–water partition coefficient (Wildman–Crippen LogP) is 2.25. The monoisotopic (exact) mass is 287 g/mol. The average molecular weight is 287 g/mol. The van der Waals surface area contributed by atoms with Gasteiger partial charge < -0.3 is 5.32 Å². The fourth-order valence-corrected chi connectivity index (χ4v) is 3.58. The lowest BCUT2D eigenvalue weighted by molar-refractivity contribution is 0.0589. The largest absolute Gasteiger partial charge is 0.312 e. The van der Waals surface area contributed by atoms with Gasteiger partial charge in [0.25, 0.3) is 0 Å². The number of hydrogen-bond donors (Lipinski definition) is 1. The van der Waals surface area contributed by atoms with Crippen molar-refractivity contribution in [3.05, 3.63) is 34.9 Å². The highest BCUT2D eigenvalue weighted by atomic mass is 15.3. The van der Waals surface area contributed by atoms with Gasteiger partial charge in [-0.25, -0.2) is 0 Å². The quantitative estimate of drug-likeness (QED) is 0.900. The molecule has 0 atom stereocenters. The standard InChI is InChI=1S/C18H29N3/c1-18(2,3)21-11-9-20(10-12-21)14-16-6-4-5-15-13-19-8-7-17(15)16/h4-6,19H,7-14H2,1-3H3. The summed E-state index contributed by atoms with van der Waals surface area (Å²) in [7, 11) is 0. The fraction of sp³-hybridized carbons (Fsp3) is 0.667.